The molecule has 0 aromatic rings. The molecule has 0 aliphatic rings. The van der Waals surface area contributed by atoms with Crippen molar-refractivity contribution in [3.8, 4) is 0 Å². The Balaban J connectivity index is 3.69. The molecular weight excluding hydrogens is 154 g/mol. The molecule has 0 aliphatic carbocycles. The molecule has 0 unspecified atom stereocenters. The van der Waals surface area contributed by atoms with Crippen molar-refractivity contribution < 1.29 is 5.21 Å². The average molecular weight is 171 g/mol. The summed E-state index contributed by atoms with van der Waals surface area (Å²) in [6.07, 6.45) is 1.01. The minimum absolute atomic E-state index is 0.583. The van der Waals surface area contributed by atoms with Crippen LogP contribution < -0.4 is 5.32 Å². The van der Waals surface area contributed by atoms with E-state index < -0.39 is 0 Å². The third kappa shape index (κ3) is 4.85. The first-order valence-corrected chi connectivity index (χ1v) is 4.07. The van der Waals surface area contributed by atoms with Crippen molar-refractivity contribution in [2.45, 2.75) is 20.3 Å². The quantitative estimate of drug-likeness (QED) is 0.279. The van der Waals surface area contributed by atoms with Gasteiger partial charge in [-0.15, -0.1) is 0 Å². The fourth-order valence-corrected chi connectivity index (χ4v) is 0.689. The van der Waals surface area contributed by atoms with Gasteiger partial charge in [0.25, 0.3) is 0 Å². The highest BCUT2D eigenvalue weighted by Crippen LogP contribution is 1.86. The predicted octanol–water partition coefficient (Wildman–Crippen LogP) is 0.907. The van der Waals surface area contributed by atoms with Crippen LogP contribution in [-0.2, 0) is 0 Å². The van der Waals surface area contributed by atoms with Crippen LogP contribution in [0.2, 0.25) is 0 Å². The van der Waals surface area contributed by atoms with E-state index in [9.17, 15) is 0 Å². The molecule has 4 nitrogen and oxygen atoms in total. The summed E-state index contributed by atoms with van der Waals surface area (Å²) in [4.78, 5) is 4.22. The van der Waals surface area contributed by atoms with E-state index in [2.05, 4.69) is 15.5 Å². The normalized spacial score (nSPS) is 13.6. The molecule has 0 amide bonds. The second-order valence-electron chi connectivity index (χ2n) is 2.61. The second kappa shape index (κ2) is 6.79. The number of oxime groups is 1. The van der Waals surface area contributed by atoms with Crippen molar-refractivity contribution in [1.29, 1.82) is 0 Å². The molecule has 0 aromatic carbocycles. The lowest BCUT2D eigenvalue weighted by Crippen LogP contribution is -2.10. The molecule has 0 heterocycles. The average Bonchev–Trinajstić information content (AvgIpc) is 2.10. The van der Waals surface area contributed by atoms with E-state index in [0.29, 0.717) is 5.71 Å². The third-order valence-corrected chi connectivity index (χ3v) is 1.61. The fourth-order valence-electron chi connectivity index (χ4n) is 0.689. The van der Waals surface area contributed by atoms with Crippen LogP contribution in [0.3, 0.4) is 0 Å². The zero-order valence-electron chi connectivity index (χ0n) is 7.96. The molecule has 0 fully saturated rings. The Labute approximate surface area is 73.4 Å². The van der Waals surface area contributed by atoms with Gasteiger partial charge in [0.05, 0.1) is 11.4 Å². The Bertz CT molecular complexity index is 175. The molecule has 0 atom stereocenters. The van der Waals surface area contributed by atoms with Crippen molar-refractivity contribution in [2.75, 3.05) is 20.1 Å². The van der Waals surface area contributed by atoms with Gasteiger partial charge in [0, 0.05) is 6.54 Å². The highest BCUT2D eigenvalue weighted by molar-refractivity contribution is 6.40. The largest absolute Gasteiger partial charge is 0.411 e. The van der Waals surface area contributed by atoms with Crippen LogP contribution in [0, 0.1) is 0 Å². The maximum Gasteiger partial charge on any atom is 0.0971 e. The molecule has 2 N–H and O–H groups in total. The maximum absolute atomic E-state index is 8.40. The summed E-state index contributed by atoms with van der Waals surface area (Å²) in [7, 11) is 1.91. The molecule has 12 heavy (non-hydrogen) atoms. The van der Waals surface area contributed by atoms with Crippen molar-refractivity contribution >= 4 is 11.4 Å². The summed E-state index contributed by atoms with van der Waals surface area (Å²) in [5, 5.41) is 14.5. The first-order valence-electron chi connectivity index (χ1n) is 4.07. The van der Waals surface area contributed by atoms with Gasteiger partial charge in [-0.25, -0.2) is 0 Å². The Hall–Kier alpha value is -0.900. The molecule has 0 aliphatic heterocycles. The lowest BCUT2D eigenvalue weighted by Gasteiger charge is -1.98. The third-order valence-electron chi connectivity index (χ3n) is 1.61. The van der Waals surface area contributed by atoms with E-state index in [1.54, 1.807) is 6.92 Å². The van der Waals surface area contributed by atoms with Gasteiger partial charge in [0.15, 0.2) is 0 Å². The molecule has 0 bridgehead atoms. The van der Waals surface area contributed by atoms with Crippen LogP contribution in [0.25, 0.3) is 0 Å². The number of nitrogens with zero attached hydrogens (tertiary/aromatic N) is 2. The van der Waals surface area contributed by atoms with Crippen molar-refractivity contribution in [3.05, 3.63) is 0 Å². The van der Waals surface area contributed by atoms with E-state index in [1.165, 1.54) is 0 Å². The molecule has 0 saturated heterocycles. The van der Waals surface area contributed by atoms with Gasteiger partial charge in [-0.3, -0.25) is 4.99 Å². The molecule has 4 heteroatoms. The highest BCUT2D eigenvalue weighted by atomic mass is 16.4. The zero-order valence-corrected chi connectivity index (χ0v) is 7.96. The molecule has 0 radical (unpaired) electrons. The van der Waals surface area contributed by atoms with Gasteiger partial charge in [-0.2, -0.15) is 0 Å². The fraction of sp³-hybridized carbons (Fsp3) is 0.750. The smallest absolute Gasteiger partial charge is 0.0971 e. The topological polar surface area (TPSA) is 57.0 Å². The minimum Gasteiger partial charge on any atom is -0.411 e. The van der Waals surface area contributed by atoms with Crippen molar-refractivity contribution in [2.24, 2.45) is 10.1 Å². The number of nitrogens with one attached hydrogen (secondary N) is 1. The molecule has 0 aromatic heterocycles. The summed E-state index contributed by atoms with van der Waals surface area (Å²) in [6, 6.07) is 0. The maximum atomic E-state index is 8.40. The number of hydrogen-bond donors (Lipinski definition) is 2. The zero-order chi connectivity index (χ0) is 9.40. The van der Waals surface area contributed by atoms with Crippen LogP contribution in [0.1, 0.15) is 20.3 Å². The standard InChI is InChI=1S/C8H17N3O/c1-7(8(2)11-12)10-6-4-5-9-3/h9,12H,4-6H2,1-3H3/b10-7?,11-8+. The van der Waals surface area contributed by atoms with Crippen LogP contribution in [0.5, 0.6) is 0 Å². The van der Waals surface area contributed by atoms with E-state index in [-0.39, 0.29) is 0 Å². The molecule has 70 valence electrons. The summed E-state index contributed by atoms with van der Waals surface area (Å²) in [6.45, 7) is 5.32. The first-order chi connectivity index (χ1) is 5.72. The summed E-state index contributed by atoms with van der Waals surface area (Å²) < 4.78 is 0. The first kappa shape index (κ1) is 11.1. The van der Waals surface area contributed by atoms with Gasteiger partial charge in [-0.05, 0) is 33.9 Å². The summed E-state index contributed by atoms with van der Waals surface area (Å²) in [5.74, 6) is 0. The second-order valence-corrected chi connectivity index (χ2v) is 2.61. The lowest BCUT2D eigenvalue weighted by atomic mass is 10.3. The molecule has 0 saturated carbocycles. The van der Waals surface area contributed by atoms with E-state index in [1.807, 2.05) is 14.0 Å². The van der Waals surface area contributed by atoms with Crippen LogP contribution >= 0.6 is 0 Å². The van der Waals surface area contributed by atoms with Gasteiger partial charge in [0.1, 0.15) is 0 Å². The predicted molar refractivity (Wildman–Crippen MR) is 51.4 cm³/mol. The monoisotopic (exact) mass is 171 g/mol. The van der Waals surface area contributed by atoms with Gasteiger partial charge in [-0.1, -0.05) is 5.16 Å². The van der Waals surface area contributed by atoms with E-state index >= 15 is 0 Å². The summed E-state index contributed by atoms with van der Waals surface area (Å²) >= 11 is 0. The minimum atomic E-state index is 0.583. The summed E-state index contributed by atoms with van der Waals surface area (Å²) in [5.41, 5.74) is 1.38. The van der Waals surface area contributed by atoms with E-state index in [0.717, 1.165) is 25.2 Å². The van der Waals surface area contributed by atoms with Gasteiger partial charge < -0.3 is 10.5 Å². The van der Waals surface area contributed by atoms with E-state index in [4.69, 9.17) is 5.21 Å². The Kier molecular flexibility index (Phi) is 6.28. The van der Waals surface area contributed by atoms with Gasteiger partial charge in [0.2, 0.25) is 0 Å². The molecular formula is C8H17N3O. The lowest BCUT2D eigenvalue weighted by molar-refractivity contribution is 0.320. The molecule has 0 spiro atoms. The van der Waals surface area contributed by atoms with Crippen LogP contribution in [0.15, 0.2) is 10.1 Å². The van der Waals surface area contributed by atoms with Gasteiger partial charge >= 0.3 is 0 Å². The Morgan fingerprint density at radius 1 is 1.33 bits per heavy atom. The number of rotatable bonds is 5. The van der Waals surface area contributed by atoms with Crippen molar-refractivity contribution in [1.82, 2.24) is 5.32 Å². The van der Waals surface area contributed by atoms with Crippen LogP contribution in [0.4, 0.5) is 0 Å². The SMILES string of the molecule is CNCCCN=C(C)/C(C)=N/O. The van der Waals surface area contributed by atoms with Crippen molar-refractivity contribution in [3.63, 3.8) is 0 Å². The Morgan fingerprint density at radius 2 is 2.00 bits per heavy atom. The highest BCUT2D eigenvalue weighted by Gasteiger charge is 1.94. The number of aliphatic imine (C=N–C) groups is 1. The number of hydrogen-bond acceptors (Lipinski definition) is 4. The van der Waals surface area contributed by atoms with Crippen LogP contribution in [-0.4, -0.2) is 36.8 Å². The molecule has 0 rings (SSSR count). The Morgan fingerprint density at radius 3 is 2.50 bits per heavy atom.